The molecule has 25 heavy (non-hydrogen) atoms. The summed E-state index contributed by atoms with van der Waals surface area (Å²) in [6.07, 6.45) is 0.879. The maximum absolute atomic E-state index is 12.6. The van der Waals surface area contributed by atoms with E-state index in [-0.39, 0.29) is 18.1 Å². The Morgan fingerprint density at radius 3 is 2.72 bits per heavy atom. The average molecular weight is 376 g/mol. The van der Waals surface area contributed by atoms with Gasteiger partial charge >= 0.3 is 5.97 Å². The van der Waals surface area contributed by atoms with Crippen LogP contribution in [0.2, 0.25) is 5.02 Å². The van der Waals surface area contributed by atoms with E-state index in [0.29, 0.717) is 16.8 Å². The van der Waals surface area contributed by atoms with Gasteiger partial charge < -0.3 is 9.64 Å². The molecule has 0 bridgehead atoms. The zero-order valence-corrected chi connectivity index (χ0v) is 15.3. The molecular formula is C19H18ClNO3S. The number of hydrogen-bond donors (Lipinski definition) is 0. The van der Waals surface area contributed by atoms with Gasteiger partial charge in [0, 0.05) is 16.7 Å². The Morgan fingerprint density at radius 1 is 1.20 bits per heavy atom. The van der Waals surface area contributed by atoms with Crippen molar-refractivity contribution in [1.29, 1.82) is 0 Å². The quantitative estimate of drug-likeness (QED) is 0.745. The summed E-state index contributed by atoms with van der Waals surface area (Å²) in [5, 5.41) is 0.731. The summed E-state index contributed by atoms with van der Waals surface area (Å²) in [5.74, 6) is -0.827. The zero-order chi connectivity index (χ0) is 17.8. The Labute approximate surface area is 156 Å². The standard InChI is InChI=1S/C19H18ClNO3S/c1-13-10-11-21(16-8-4-5-9-17(16)25-13)18(22)12-24-19(23)14-6-2-3-7-15(14)20/h2-9,13H,10-12H2,1H3/t13-/m1/s1. The lowest BCUT2D eigenvalue weighted by Gasteiger charge is -2.22. The fourth-order valence-corrected chi connectivity index (χ4v) is 3.98. The predicted octanol–water partition coefficient (Wildman–Crippen LogP) is 4.41. The third-order valence-electron chi connectivity index (χ3n) is 3.96. The van der Waals surface area contributed by atoms with Crippen LogP contribution in [0.5, 0.6) is 0 Å². The van der Waals surface area contributed by atoms with Crippen LogP contribution in [-0.2, 0) is 9.53 Å². The van der Waals surface area contributed by atoms with Crippen LogP contribution < -0.4 is 4.90 Å². The number of thioether (sulfide) groups is 1. The van der Waals surface area contributed by atoms with Crippen LogP contribution >= 0.6 is 23.4 Å². The molecule has 130 valence electrons. The van der Waals surface area contributed by atoms with Gasteiger partial charge in [-0.2, -0.15) is 0 Å². The number of para-hydroxylation sites is 1. The third kappa shape index (κ3) is 4.17. The largest absolute Gasteiger partial charge is 0.452 e. The van der Waals surface area contributed by atoms with Crippen LogP contribution in [0.25, 0.3) is 0 Å². The highest BCUT2D eigenvalue weighted by molar-refractivity contribution is 8.00. The van der Waals surface area contributed by atoms with Gasteiger partial charge in [0.15, 0.2) is 6.61 Å². The monoisotopic (exact) mass is 375 g/mol. The highest BCUT2D eigenvalue weighted by Gasteiger charge is 2.25. The van der Waals surface area contributed by atoms with E-state index in [1.165, 1.54) is 0 Å². The van der Waals surface area contributed by atoms with Crippen LogP contribution in [0.15, 0.2) is 53.4 Å². The zero-order valence-electron chi connectivity index (χ0n) is 13.8. The molecule has 0 spiro atoms. The van der Waals surface area contributed by atoms with Crippen LogP contribution in [0.4, 0.5) is 5.69 Å². The van der Waals surface area contributed by atoms with Crippen molar-refractivity contribution < 1.29 is 14.3 Å². The summed E-state index contributed by atoms with van der Waals surface area (Å²) in [7, 11) is 0. The van der Waals surface area contributed by atoms with Crippen molar-refractivity contribution in [3.8, 4) is 0 Å². The van der Waals surface area contributed by atoms with Crippen molar-refractivity contribution in [2.24, 2.45) is 0 Å². The SMILES string of the molecule is C[C@@H]1CCN(C(=O)COC(=O)c2ccccc2Cl)c2ccccc2S1. The average Bonchev–Trinajstić information content (AvgIpc) is 2.78. The molecule has 1 heterocycles. The molecule has 0 saturated heterocycles. The third-order valence-corrected chi connectivity index (χ3v) is 5.53. The number of hydrogen-bond acceptors (Lipinski definition) is 4. The van der Waals surface area contributed by atoms with E-state index in [1.54, 1.807) is 40.9 Å². The van der Waals surface area contributed by atoms with E-state index in [2.05, 4.69) is 6.92 Å². The molecule has 0 fully saturated rings. The van der Waals surface area contributed by atoms with Crippen LogP contribution in [0, 0.1) is 0 Å². The van der Waals surface area contributed by atoms with Crippen molar-refractivity contribution in [1.82, 2.24) is 0 Å². The lowest BCUT2D eigenvalue weighted by molar-refractivity contribution is -0.121. The van der Waals surface area contributed by atoms with Gasteiger partial charge in [-0.15, -0.1) is 11.8 Å². The number of nitrogens with zero attached hydrogens (tertiary/aromatic N) is 1. The van der Waals surface area contributed by atoms with E-state index >= 15 is 0 Å². The van der Waals surface area contributed by atoms with E-state index in [4.69, 9.17) is 16.3 Å². The first-order valence-electron chi connectivity index (χ1n) is 8.04. The van der Waals surface area contributed by atoms with Gasteiger partial charge in [0.1, 0.15) is 0 Å². The Balaban J connectivity index is 1.71. The lowest BCUT2D eigenvalue weighted by atomic mass is 10.2. The number of benzene rings is 2. The van der Waals surface area contributed by atoms with Crippen LogP contribution in [-0.4, -0.2) is 30.3 Å². The minimum atomic E-state index is -0.593. The molecular weight excluding hydrogens is 358 g/mol. The van der Waals surface area contributed by atoms with Gasteiger partial charge in [0.25, 0.3) is 5.91 Å². The number of amides is 1. The Morgan fingerprint density at radius 2 is 1.92 bits per heavy atom. The molecule has 0 unspecified atom stereocenters. The topological polar surface area (TPSA) is 46.6 Å². The Bertz CT molecular complexity index is 796. The first-order chi connectivity index (χ1) is 12.1. The van der Waals surface area contributed by atoms with E-state index in [0.717, 1.165) is 17.0 Å². The maximum Gasteiger partial charge on any atom is 0.340 e. The molecule has 0 N–H and O–H groups in total. The Kier molecular flexibility index (Phi) is 5.66. The summed E-state index contributed by atoms with van der Waals surface area (Å²) in [6, 6.07) is 14.4. The van der Waals surface area contributed by atoms with Crippen LogP contribution in [0.1, 0.15) is 23.7 Å². The maximum atomic E-state index is 12.6. The van der Waals surface area contributed by atoms with E-state index in [1.807, 2.05) is 24.3 Å². The fraction of sp³-hybridized carbons (Fsp3) is 0.263. The highest BCUT2D eigenvalue weighted by atomic mass is 35.5. The van der Waals surface area contributed by atoms with Gasteiger partial charge in [0.05, 0.1) is 16.3 Å². The van der Waals surface area contributed by atoms with E-state index in [9.17, 15) is 9.59 Å². The van der Waals surface area contributed by atoms with E-state index < -0.39 is 5.97 Å². The highest BCUT2D eigenvalue weighted by Crippen LogP contribution is 2.37. The van der Waals surface area contributed by atoms with Crippen LogP contribution in [0.3, 0.4) is 0 Å². The van der Waals surface area contributed by atoms with Crippen molar-refractivity contribution in [3.63, 3.8) is 0 Å². The molecule has 4 nitrogen and oxygen atoms in total. The number of halogens is 1. The van der Waals surface area contributed by atoms with Gasteiger partial charge in [-0.05, 0) is 30.7 Å². The summed E-state index contributed by atoms with van der Waals surface area (Å²) in [6.45, 7) is 2.44. The van der Waals surface area contributed by atoms with Crippen molar-refractivity contribution >= 4 is 40.9 Å². The molecule has 0 saturated carbocycles. The van der Waals surface area contributed by atoms with Gasteiger partial charge in [-0.1, -0.05) is 42.8 Å². The lowest BCUT2D eigenvalue weighted by Crippen LogP contribution is -2.35. The van der Waals surface area contributed by atoms with Gasteiger partial charge in [-0.25, -0.2) is 4.79 Å². The number of fused-ring (bicyclic) bond motifs is 1. The molecule has 0 aliphatic carbocycles. The second-order valence-corrected chi connectivity index (χ2v) is 7.67. The summed E-state index contributed by atoms with van der Waals surface area (Å²) < 4.78 is 5.19. The fourth-order valence-electron chi connectivity index (χ4n) is 2.66. The molecule has 2 aromatic rings. The number of rotatable bonds is 3. The van der Waals surface area contributed by atoms with Crippen molar-refractivity contribution in [3.05, 3.63) is 59.1 Å². The number of carbonyl (C=O) groups excluding carboxylic acids is 2. The summed E-state index contributed by atoms with van der Waals surface area (Å²) in [5.41, 5.74) is 1.13. The molecule has 1 amide bonds. The summed E-state index contributed by atoms with van der Waals surface area (Å²) in [4.78, 5) is 27.6. The molecule has 1 atom stereocenters. The van der Waals surface area contributed by atoms with Crippen molar-refractivity contribution in [2.45, 2.75) is 23.5 Å². The molecule has 6 heteroatoms. The van der Waals surface area contributed by atoms with Crippen molar-refractivity contribution in [2.75, 3.05) is 18.1 Å². The molecule has 1 aliphatic heterocycles. The van der Waals surface area contributed by atoms with Gasteiger partial charge in [-0.3, -0.25) is 4.79 Å². The first-order valence-corrected chi connectivity index (χ1v) is 9.29. The molecule has 0 radical (unpaired) electrons. The summed E-state index contributed by atoms with van der Waals surface area (Å²) >= 11 is 7.75. The number of esters is 1. The second kappa shape index (κ2) is 7.93. The van der Waals surface area contributed by atoms with Gasteiger partial charge in [0.2, 0.25) is 0 Å². The smallest absolute Gasteiger partial charge is 0.340 e. The molecule has 2 aromatic carbocycles. The first kappa shape index (κ1) is 17.8. The molecule has 0 aromatic heterocycles. The Hall–Kier alpha value is -1.98. The number of anilines is 1. The normalized spacial score (nSPS) is 16.7. The second-order valence-electron chi connectivity index (χ2n) is 5.79. The minimum absolute atomic E-state index is 0.234. The number of ether oxygens (including phenoxy) is 1. The molecule has 1 aliphatic rings. The number of carbonyl (C=O) groups is 2. The predicted molar refractivity (Wildman–Crippen MR) is 100 cm³/mol. The molecule has 3 rings (SSSR count). The minimum Gasteiger partial charge on any atom is -0.452 e.